The molecule has 0 saturated carbocycles. The number of rotatable bonds is 5. The number of hydrogen-bond donors (Lipinski definition) is 0. The van der Waals surface area contributed by atoms with Crippen LogP contribution in [-0.4, -0.2) is 51.9 Å². The Bertz CT molecular complexity index is 650. The van der Waals surface area contributed by atoms with Gasteiger partial charge in [0.05, 0.1) is 16.0 Å². The van der Waals surface area contributed by atoms with Gasteiger partial charge in [-0.3, -0.25) is 0 Å². The van der Waals surface area contributed by atoms with Crippen LogP contribution in [0.25, 0.3) is 0 Å². The van der Waals surface area contributed by atoms with E-state index >= 15 is 0 Å². The van der Waals surface area contributed by atoms with Crippen LogP contribution in [0.3, 0.4) is 0 Å². The zero-order valence-electron chi connectivity index (χ0n) is 13.0. The number of likely N-dealkylation sites (N-methyl/N-ethyl adjacent to an activating group) is 2. The Labute approximate surface area is 135 Å². The van der Waals surface area contributed by atoms with Crippen molar-refractivity contribution >= 4 is 10.0 Å². The molecule has 0 aromatic heterocycles. The van der Waals surface area contributed by atoms with E-state index in [0.29, 0.717) is 4.31 Å². The van der Waals surface area contributed by atoms with E-state index in [0.717, 1.165) is 7.05 Å². The summed E-state index contributed by atoms with van der Waals surface area (Å²) in [5.74, 6) is 0. The molecule has 4 nitrogen and oxygen atoms in total. The first-order valence-electron chi connectivity index (χ1n) is 6.56. The van der Waals surface area contributed by atoms with Gasteiger partial charge in [-0.2, -0.15) is 30.6 Å². The summed E-state index contributed by atoms with van der Waals surface area (Å²) >= 11 is 0. The van der Waals surface area contributed by atoms with E-state index in [1.54, 1.807) is 19.0 Å². The first-order chi connectivity index (χ1) is 10.7. The molecule has 0 amide bonds. The highest BCUT2D eigenvalue weighted by Gasteiger charge is 2.38. The Morgan fingerprint density at radius 1 is 0.833 bits per heavy atom. The number of alkyl halides is 6. The third kappa shape index (κ3) is 5.08. The maximum atomic E-state index is 12.8. The molecule has 24 heavy (non-hydrogen) atoms. The van der Waals surface area contributed by atoms with Crippen LogP contribution < -0.4 is 0 Å². The van der Waals surface area contributed by atoms with Crippen LogP contribution in [0.1, 0.15) is 11.1 Å². The molecule has 0 fully saturated rings. The molecule has 0 heterocycles. The molecule has 0 aliphatic carbocycles. The number of benzene rings is 1. The van der Waals surface area contributed by atoms with Crippen molar-refractivity contribution < 1.29 is 34.8 Å². The van der Waals surface area contributed by atoms with Crippen molar-refractivity contribution in [3.05, 3.63) is 29.3 Å². The quantitative estimate of drug-likeness (QED) is 0.740. The van der Waals surface area contributed by atoms with Gasteiger partial charge < -0.3 is 4.90 Å². The molecule has 0 aliphatic rings. The summed E-state index contributed by atoms with van der Waals surface area (Å²) in [6.07, 6.45) is -10.2. The van der Waals surface area contributed by atoms with E-state index in [4.69, 9.17) is 0 Å². The molecule has 1 aromatic rings. The first-order valence-corrected chi connectivity index (χ1v) is 8.00. The lowest BCUT2D eigenvalue weighted by Gasteiger charge is -2.21. The van der Waals surface area contributed by atoms with E-state index in [1.807, 2.05) is 0 Å². The maximum Gasteiger partial charge on any atom is 0.416 e. The third-order valence-corrected chi connectivity index (χ3v) is 4.97. The minimum Gasteiger partial charge on any atom is -0.308 e. The molecular formula is C13H16F6N2O2S. The summed E-state index contributed by atoms with van der Waals surface area (Å²) < 4.78 is 102. The second-order valence-electron chi connectivity index (χ2n) is 5.37. The summed E-state index contributed by atoms with van der Waals surface area (Å²) in [5, 5.41) is 0. The lowest BCUT2D eigenvalue weighted by atomic mass is 10.1. The minimum absolute atomic E-state index is 0.0903. The van der Waals surface area contributed by atoms with Gasteiger partial charge in [0.25, 0.3) is 0 Å². The Hall–Kier alpha value is -1.33. The van der Waals surface area contributed by atoms with Crippen LogP contribution >= 0.6 is 0 Å². The molecule has 0 bridgehead atoms. The van der Waals surface area contributed by atoms with Crippen molar-refractivity contribution in [1.29, 1.82) is 0 Å². The maximum absolute atomic E-state index is 12.8. The molecule has 0 unspecified atom stereocenters. The van der Waals surface area contributed by atoms with E-state index in [1.165, 1.54) is 0 Å². The van der Waals surface area contributed by atoms with Gasteiger partial charge >= 0.3 is 12.4 Å². The predicted molar refractivity (Wildman–Crippen MR) is 74.8 cm³/mol. The number of hydrogen-bond acceptors (Lipinski definition) is 3. The largest absolute Gasteiger partial charge is 0.416 e. The molecule has 0 radical (unpaired) electrons. The van der Waals surface area contributed by atoms with Gasteiger partial charge in [0.1, 0.15) is 0 Å². The fourth-order valence-corrected chi connectivity index (χ4v) is 2.95. The molecule has 1 aromatic carbocycles. The van der Waals surface area contributed by atoms with Gasteiger partial charge in [0, 0.05) is 20.1 Å². The molecule has 0 saturated heterocycles. The number of nitrogens with zero attached hydrogens (tertiary/aromatic N) is 2. The number of halogens is 6. The fraction of sp³-hybridized carbons (Fsp3) is 0.538. The van der Waals surface area contributed by atoms with Crippen molar-refractivity contribution in [2.75, 3.05) is 34.2 Å². The summed E-state index contributed by atoms with van der Waals surface area (Å²) in [4.78, 5) is 0.574. The smallest absolute Gasteiger partial charge is 0.308 e. The van der Waals surface area contributed by atoms with E-state index in [-0.39, 0.29) is 31.3 Å². The van der Waals surface area contributed by atoms with E-state index < -0.39 is 38.4 Å². The first kappa shape index (κ1) is 20.7. The summed E-state index contributed by atoms with van der Waals surface area (Å²) in [5.41, 5.74) is -3.34. The highest BCUT2D eigenvalue weighted by molar-refractivity contribution is 7.89. The lowest BCUT2D eigenvalue weighted by Crippen LogP contribution is -2.33. The Morgan fingerprint density at radius 2 is 1.25 bits per heavy atom. The predicted octanol–water partition coefficient (Wildman–Crippen LogP) is 2.91. The van der Waals surface area contributed by atoms with Crippen LogP contribution in [-0.2, 0) is 22.4 Å². The van der Waals surface area contributed by atoms with E-state index in [9.17, 15) is 34.8 Å². The van der Waals surface area contributed by atoms with Crippen molar-refractivity contribution in [3.8, 4) is 0 Å². The standard InChI is InChI=1S/C13H16F6N2O2S/c1-20(2)4-5-21(3)24(22,23)11-7-9(12(14,15)16)6-10(8-11)13(17,18)19/h6-8H,4-5H2,1-3H3. The van der Waals surface area contributed by atoms with Crippen molar-refractivity contribution in [2.24, 2.45) is 0 Å². The van der Waals surface area contributed by atoms with Crippen LogP contribution in [0.4, 0.5) is 26.3 Å². The van der Waals surface area contributed by atoms with Gasteiger partial charge in [-0.1, -0.05) is 0 Å². The average molecular weight is 378 g/mol. The summed E-state index contributed by atoms with van der Waals surface area (Å²) in [6, 6.07) is 0.298. The van der Waals surface area contributed by atoms with Gasteiger partial charge in [-0.05, 0) is 32.3 Å². The lowest BCUT2D eigenvalue weighted by molar-refractivity contribution is -0.143. The highest BCUT2D eigenvalue weighted by atomic mass is 32.2. The molecule has 138 valence electrons. The van der Waals surface area contributed by atoms with Crippen molar-refractivity contribution in [3.63, 3.8) is 0 Å². The van der Waals surface area contributed by atoms with Gasteiger partial charge in [0.2, 0.25) is 10.0 Å². The van der Waals surface area contributed by atoms with Crippen LogP contribution in [0.5, 0.6) is 0 Å². The summed E-state index contributed by atoms with van der Waals surface area (Å²) in [7, 11) is -0.113. The second kappa shape index (κ2) is 6.89. The van der Waals surface area contributed by atoms with Gasteiger partial charge in [-0.25, -0.2) is 8.42 Å². The molecule has 0 spiro atoms. The molecule has 0 N–H and O–H groups in total. The van der Waals surface area contributed by atoms with Crippen molar-refractivity contribution in [1.82, 2.24) is 9.21 Å². The van der Waals surface area contributed by atoms with E-state index in [2.05, 4.69) is 0 Å². The van der Waals surface area contributed by atoms with Crippen LogP contribution in [0, 0.1) is 0 Å². The molecule has 11 heteroatoms. The van der Waals surface area contributed by atoms with Crippen LogP contribution in [0.15, 0.2) is 23.1 Å². The topological polar surface area (TPSA) is 40.6 Å². The molecule has 0 aliphatic heterocycles. The summed E-state index contributed by atoms with van der Waals surface area (Å²) in [6.45, 7) is 0.160. The second-order valence-corrected chi connectivity index (χ2v) is 7.42. The van der Waals surface area contributed by atoms with Gasteiger partial charge in [0.15, 0.2) is 0 Å². The molecule has 1 rings (SSSR count). The highest BCUT2D eigenvalue weighted by Crippen LogP contribution is 2.37. The zero-order valence-corrected chi connectivity index (χ0v) is 13.8. The van der Waals surface area contributed by atoms with Gasteiger partial charge in [-0.15, -0.1) is 0 Å². The molecule has 0 atom stereocenters. The fourth-order valence-electron chi connectivity index (χ4n) is 1.72. The average Bonchev–Trinajstić information content (AvgIpc) is 2.42. The number of sulfonamides is 1. The third-order valence-electron chi connectivity index (χ3n) is 3.13. The normalized spacial score (nSPS) is 13.8. The Balaban J connectivity index is 3.41. The van der Waals surface area contributed by atoms with Crippen LogP contribution in [0.2, 0.25) is 0 Å². The Kier molecular flexibility index (Phi) is 5.94. The Morgan fingerprint density at radius 3 is 1.58 bits per heavy atom. The monoisotopic (exact) mass is 378 g/mol. The minimum atomic E-state index is -5.10. The zero-order chi connectivity index (χ0) is 18.9. The molecular weight excluding hydrogens is 362 g/mol. The van der Waals surface area contributed by atoms with Crippen molar-refractivity contribution in [2.45, 2.75) is 17.2 Å². The SMILES string of the molecule is CN(C)CCN(C)S(=O)(=O)c1cc(C(F)(F)F)cc(C(F)(F)F)c1.